The van der Waals surface area contributed by atoms with E-state index in [4.69, 9.17) is 16.3 Å². The molecular weight excluding hydrogens is 335 g/mol. The van der Waals surface area contributed by atoms with Gasteiger partial charge in [-0.15, -0.1) is 11.6 Å². The van der Waals surface area contributed by atoms with Crippen LogP contribution >= 0.6 is 11.6 Å². The summed E-state index contributed by atoms with van der Waals surface area (Å²) in [4.78, 5) is -0.948. The number of halogens is 2. The topological polar surface area (TPSA) is 9.23 Å². The third kappa shape index (κ3) is 4.35. The average Bonchev–Trinajstić information content (AvgIpc) is 2.65. The van der Waals surface area contributed by atoms with Gasteiger partial charge in [0, 0.05) is 19.1 Å². The van der Waals surface area contributed by atoms with Crippen LogP contribution in [0.5, 0.6) is 0 Å². The number of allylic oxidation sites excluding steroid dienone is 4. The maximum absolute atomic E-state index is 15.0. The van der Waals surface area contributed by atoms with Crippen molar-refractivity contribution < 1.29 is 9.13 Å². The van der Waals surface area contributed by atoms with Crippen molar-refractivity contribution in [2.45, 2.75) is 49.8 Å². The molecule has 2 unspecified atom stereocenters. The van der Waals surface area contributed by atoms with Gasteiger partial charge in [0.15, 0.2) is 0 Å². The highest BCUT2D eigenvalue weighted by atomic mass is 35.5. The van der Waals surface area contributed by atoms with E-state index < -0.39 is 4.87 Å². The molecule has 0 saturated heterocycles. The Balaban J connectivity index is 1.61. The lowest BCUT2D eigenvalue weighted by molar-refractivity contribution is 0.118. The summed E-state index contributed by atoms with van der Waals surface area (Å²) in [6.07, 6.45) is 11.0. The van der Waals surface area contributed by atoms with Gasteiger partial charge in [0.2, 0.25) is 0 Å². The maximum Gasteiger partial charge on any atom is 0.122 e. The molecule has 1 fully saturated rings. The Hall–Kier alpha value is -1.12. The smallest absolute Gasteiger partial charge is 0.122 e. The van der Waals surface area contributed by atoms with Crippen molar-refractivity contribution in [2.75, 3.05) is 13.2 Å². The van der Waals surface area contributed by atoms with Crippen LogP contribution in [0.1, 0.15) is 50.5 Å². The molecule has 0 bridgehead atoms. The fourth-order valence-electron chi connectivity index (χ4n) is 4.14. The van der Waals surface area contributed by atoms with Gasteiger partial charge >= 0.3 is 0 Å². The fourth-order valence-corrected chi connectivity index (χ4v) is 4.50. The summed E-state index contributed by atoms with van der Waals surface area (Å²) in [7, 11) is 0. The molecule has 0 aliphatic heterocycles. The average molecular weight is 363 g/mol. The first-order valence-corrected chi connectivity index (χ1v) is 9.90. The van der Waals surface area contributed by atoms with Crippen molar-refractivity contribution in [1.82, 2.24) is 0 Å². The van der Waals surface area contributed by atoms with E-state index in [0.717, 1.165) is 50.9 Å². The van der Waals surface area contributed by atoms with E-state index in [-0.39, 0.29) is 17.7 Å². The van der Waals surface area contributed by atoms with Crippen molar-refractivity contribution >= 4 is 11.6 Å². The van der Waals surface area contributed by atoms with Gasteiger partial charge in [0.1, 0.15) is 10.7 Å². The van der Waals surface area contributed by atoms with Crippen molar-refractivity contribution in [3.05, 3.63) is 60.0 Å². The van der Waals surface area contributed by atoms with E-state index in [0.29, 0.717) is 5.92 Å². The van der Waals surface area contributed by atoms with Crippen LogP contribution in [0, 0.1) is 11.8 Å². The lowest BCUT2D eigenvalue weighted by Crippen LogP contribution is -2.35. The van der Waals surface area contributed by atoms with E-state index in [1.165, 1.54) is 0 Å². The lowest BCUT2D eigenvalue weighted by atomic mass is 9.72. The molecule has 136 valence electrons. The number of benzene rings is 1. The first-order valence-electron chi connectivity index (χ1n) is 9.52. The Bertz CT molecular complexity index is 604. The molecule has 1 aromatic carbocycles. The summed E-state index contributed by atoms with van der Waals surface area (Å²) in [5.41, 5.74) is 1.10. The Morgan fingerprint density at radius 3 is 2.52 bits per heavy atom. The molecule has 0 spiro atoms. The van der Waals surface area contributed by atoms with Crippen LogP contribution in [0.25, 0.3) is 0 Å². The first-order chi connectivity index (χ1) is 12.1. The van der Waals surface area contributed by atoms with E-state index in [9.17, 15) is 4.39 Å². The van der Waals surface area contributed by atoms with Crippen LogP contribution in [0.15, 0.2) is 54.4 Å². The number of ether oxygens (including phenoxy) is 1. The molecule has 1 nitrogen and oxygen atoms in total. The van der Waals surface area contributed by atoms with Gasteiger partial charge < -0.3 is 4.74 Å². The van der Waals surface area contributed by atoms with Crippen LogP contribution < -0.4 is 0 Å². The Labute approximate surface area is 155 Å². The molecule has 0 heterocycles. The molecule has 1 saturated carbocycles. The second kappa shape index (κ2) is 8.51. The molecular formula is C22H28ClFO. The number of alkyl halides is 1. The SMILES string of the molecule is CCOCC[C@H]1CC[C@H](C2(Cl)C=CC(c3ccccc3)C=C2F)CC1. The highest BCUT2D eigenvalue weighted by Gasteiger charge is 2.42. The Kier molecular flexibility index (Phi) is 6.35. The van der Waals surface area contributed by atoms with Crippen LogP contribution in [-0.4, -0.2) is 18.1 Å². The zero-order valence-corrected chi connectivity index (χ0v) is 15.7. The number of hydrogen-bond acceptors (Lipinski definition) is 1. The van der Waals surface area contributed by atoms with Crippen LogP contribution in [0.2, 0.25) is 0 Å². The van der Waals surface area contributed by atoms with Gasteiger partial charge in [-0.1, -0.05) is 55.3 Å². The van der Waals surface area contributed by atoms with E-state index in [2.05, 4.69) is 6.08 Å². The van der Waals surface area contributed by atoms with Crippen molar-refractivity contribution in [1.29, 1.82) is 0 Å². The minimum atomic E-state index is -0.948. The molecule has 0 aromatic heterocycles. The van der Waals surface area contributed by atoms with Gasteiger partial charge in [-0.2, -0.15) is 0 Å². The molecule has 2 aliphatic carbocycles. The van der Waals surface area contributed by atoms with Gasteiger partial charge in [-0.25, -0.2) is 4.39 Å². The van der Waals surface area contributed by atoms with Crippen molar-refractivity contribution in [3.8, 4) is 0 Å². The minimum absolute atomic E-state index is 0.0180. The molecule has 3 rings (SSSR count). The largest absolute Gasteiger partial charge is 0.382 e. The van der Waals surface area contributed by atoms with E-state index >= 15 is 0 Å². The molecule has 0 radical (unpaired) electrons. The highest BCUT2D eigenvalue weighted by Crippen LogP contribution is 2.48. The monoisotopic (exact) mass is 362 g/mol. The molecule has 1 aromatic rings. The zero-order chi connectivity index (χ0) is 17.7. The number of rotatable bonds is 6. The summed E-state index contributed by atoms with van der Waals surface area (Å²) in [5, 5.41) is 0. The Morgan fingerprint density at radius 2 is 1.88 bits per heavy atom. The zero-order valence-electron chi connectivity index (χ0n) is 15.0. The molecule has 2 atom stereocenters. The molecule has 25 heavy (non-hydrogen) atoms. The minimum Gasteiger partial charge on any atom is -0.382 e. The lowest BCUT2D eigenvalue weighted by Gasteiger charge is -2.39. The molecule has 2 aliphatic rings. The second-order valence-corrected chi connectivity index (χ2v) is 7.91. The third-order valence-electron chi connectivity index (χ3n) is 5.74. The maximum atomic E-state index is 15.0. The van der Waals surface area contributed by atoms with Gasteiger partial charge in [-0.05, 0) is 49.7 Å². The molecule has 0 amide bonds. The summed E-state index contributed by atoms with van der Waals surface area (Å²) >= 11 is 6.78. The first kappa shape index (κ1) is 18.7. The molecule has 3 heteroatoms. The summed E-state index contributed by atoms with van der Waals surface area (Å²) < 4.78 is 20.4. The predicted molar refractivity (Wildman–Crippen MR) is 103 cm³/mol. The van der Waals surface area contributed by atoms with Gasteiger partial charge in [0.25, 0.3) is 0 Å². The summed E-state index contributed by atoms with van der Waals surface area (Å²) in [6.45, 7) is 3.65. The fraction of sp³-hybridized carbons (Fsp3) is 0.545. The summed E-state index contributed by atoms with van der Waals surface area (Å²) in [6, 6.07) is 10.0. The van der Waals surface area contributed by atoms with Crippen LogP contribution in [0.3, 0.4) is 0 Å². The number of hydrogen-bond donors (Lipinski definition) is 0. The van der Waals surface area contributed by atoms with Crippen LogP contribution in [0.4, 0.5) is 4.39 Å². The van der Waals surface area contributed by atoms with Crippen LogP contribution in [-0.2, 0) is 4.74 Å². The third-order valence-corrected chi connectivity index (χ3v) is 6.35. The van der Waals surface area contributed by atoms with E-state index in [1.54, 1.807) is 6.08 Å². The molecule has 0 N–H and O–H groups in total. The van der Waals surface area contributed by atoms with Crippen molar-refractivity contribution in [2.24, 2.45) is 11.8 Å². The Morgan fingerprint density at radius 1 is 1.16 bits per heavy atom. The van der Waals surface area contributed by atoms with Crippen molar-refractivity contribution in [3.63, 3.8) is 0 Å². The predicted octanol–water partition coefficient (Wildman–Crippen LogP) is 6.40. The summed E-state index contributed by atoms with van der Waals surface area (Å²) in [5.74, 6) is 0.681. The van der Waals surface area contributed by atoms with E-state index in [1.807, 2.05) is 43.3 Å². The normalized spacial score (nSPS) is 32.4. The highest BCUT2D eigenvalue weighted by molar-refractivity contribution is 6.27. The standard InChI is InChI=1S/C22H28ClFO/c1-2-25-15-13-17-8-10-20(11-9-17)22(23)14-12-19(16-21(22)24)18-6-4-3-5-7-18/h3-7,12,14,16-17,19-20H,2,8-11,13,15H2,1H3/t17-,19?,20-,22?. The van der Waals surface area contributed by atoms with Gasteiger partial charge in [-0.3, -0.25) is 0 Å². The van der Waals surface area contributed by atoms with Gasteiger partial charge in [0.05, 0.1) is 0 Å². The second-order valence-electron chi connectivity index (χ2n) is 7.28. The quantitative estimate of drug-likeness (QED) is 0.323.